The highest BCUT2D eigenvalue weighted by atomic mass is 19.4. The Morgan fingerprint density at radius 1 is 1.21 bits per heavy atom. The number of nitrogens with one attached hydrogen (secondary N) is 1. The summed E-state index contributed by atoms with van der Waals surface area (Å²) in [6, 6.07) is 4.79. The van der Waals surface area contributed by atoms with Crippen LogP contribution in [0, 0.1) is 0 Å². The number of aromatic amines is 1. The zero-order valence-corrected chi connectivity index (χ0v) is 14.7. The zero-order chi connectivity index (χ0) is 19.6. The molecule has 0 saturated carbocycles. The van der Waals surface area contributed by atoms with Gasteiger partial charge in [0.1, 0.15) is 17.6 Å². The van der Waals surface area contributed by atoms with Crippen molar-refractivity contribution >= 4 is 17.7 Å². The summed E-state index contributed by atoms with van der Waals surface area (Å²) in [7, 11) is 1.65. The lowest BCUT2D eigenvalue weighted by atomic mass is 10.1. The van der Waals surface area contributed by atoms with E-state index in [2.05, 4.69) is 15.0 Å². The number of aromatic nitrogens is 2. The molecule has 6 nitrogen and oxygen atoms in total. The van der Waals surface area contributed by atoms with E-state index >= 15 is 0 Å². The first-order chi connectivity index (χ1) is 13.3. The molecule has 0 fully saturated rings. The summed E-state index contributed by atoms with van der Waals surface area (Å²) >= 11 is 0. The lowest BCUT2D eigenvalue weighted by molar-refractivity contribution is -0.137. The molecule has 2 aromatic rings. The van der Waals surface area contributed by atoms with E-state index in [1.54, 1.807) is 7.05 Å². The Hall–Kier alpha value is -3.36. The van der Waals surface area contributed by atoms with E-state index < -0.39 is 11.7 Å². The number of fused-ring (bicyclic) bond motifs is 5. The Kier molecular flexibility index (Phi) is 3.34. The number of amides is 1. The zero-order valence-electron chi connectivity index (χ0n) is 14.7. The number of aliphatic imine (C=N–C) groups is 1. The molecular formula is C19H14F3N5O. The van der Waals surface area contributed by atoms with Crippen molar-refractivity contribution in [3.8, 4) is 0 Å². The first-order valence-corrected chi connectivity index (χ1v) is 8.62. The molecule has 0 radical (unpaired) electrons. The molecule has 2 aliphatic heterocycles. The maximum Gasteiger partial charge on any atom is 0.416 e. The second kappa shape index (κ2) is 5.57. The predicted octanol–water partition coefficient (Wildman–Crippen LogP) is 3.10. The SMILES string of the molecule is CN1C(=O)c2[nH]c(Cc3ccc(C(F)(F)F)cc3)nc2N2C3=CC=CC3N=C12. The Bertz CT molecular complexity index is 1080. The number of halogens is 3. The third-order valence-electron chi connectivity index (χ3n) is 4.99. The van der Waals surface area contributed by atoms with Gasteiger partial charge in [0.25, 0.3) is 5.91 Å². The summed E-state index contributed by atoms with van der Waals surface area (Å²) in [5, 5.41) is 0. The van der Waals surface area contributed by atoms with Crippen LogP contribution in [-0.4, -0.2) is 39.8 Å². The van der Waals surface area contributed by atoms with Crippen LogP contribution in [0.5, 0.6) is 0 Å². The van der Waals surface area contributed by atoms with Gasteiger partial charge < -0.3 is 4.98 Å². The van der Waals surface area contributed by atoms with Gasteiger partial charge in [-0.3, -0.25) is 14.6 Å². The van der Waals surface area contributed by atoms with Gasteiger partial charge in [0.05, 0.1) is 11.3 Å². The van der Waals surface area contributed by atoms with Crippen molar-refractivity contribution < 1.29 is 18.0 Å². The van der Waals surface area contributed by atoms with Crippen LogP contribution in [0.4, 0.5) is 19.0 Å². The van der Waals surface area contributed by atoms with Gasteiger partial charge in [0.2, 0.25) is 5.96 Å². The van der Waals surface area contributed by atoms with Crippen molar-refractivity contribution in [3.05, 3.63) is 70.8 Å². The van der Waals surface area contributed by atoms with Crippen LogP contribution in [-0.2, 0) is 12.6 Å². The second-order valence-corrected chi connectivity index (χ2v) is 6.80. The monoisotopic (exact) mass is 385 g/mol. The summed E-state index contributed by atoms with van der Waals surface area (Å²) in [4.78, 5) is 28.1. The molecule has 1 amide bonds. The predicted molar refractivity (Wildman–Crippen MR) is 95.9 cm³/mol. The third-order valence-corrected chi connectivity index (χ3v) is 4.99. The molecule has 5 rings (SSSR count). The largest absolute Gasteiger partial charge is 0.416 e. The molecule has 1 N–H and O–H groups in total. The number of alkyl halides is 3. The highest BCUT2D eigenvalue weighted by Gasteiger charge is 2.44. The molecule has 1 aliphatic carbocycles. The Morgan fingerprint density at radius 3 is 2.68 bits per heavy atom. The van der Waals surface area contributed by atoms with Crippen molar-refractivity contribution in [2.75, 3.05) is 11.9 Å². The number of imidazole rings is 1. The van der Waals surface area contributed by atoms with Gasteiger partial charge >= 0.3 is 6.18 Å². The van der Waals surface area contributed by atoms with Crippen LogP contribution in [0.2, 0.25) is 0 Å². The fourth-order valence-corrected chi connectivity index (χ4v) is 3.59. The molecule has 0 saturated heterocycles. The molecule has 1 aromatic carbocycles. The lowest BCUT2D eigenvalue weighted by Gasteiger charge is -2.30. The number of hydrogen-bond donors (Lipinski definition) is 1. The first-order valence-electron chi connectivity index (χ1n) is 8.62. The van der Waals surface area contributed by atoms with Gasteiger partial charge in [-0.1, -0.05) is 24.3 Å². The van der Waals surface area contributed by atoms with Crippen molar-refractivity contribution in [1.82, 2.24) is 14.9 Å². The van der Waals surface area contributed by atoms with Crippen molar-refractivity contribution in [1.29, 1.82) is 0 Å². The van der Waals surface area contributed by atoms with Crippen LogP contribution < -0.4 is 4.90 Å². The summed E-state index contributed by atoms with van der Waals surface area (Å²) < 4.78 is 38.2. The van der Waals surface area contributed by atoms with Crippen LogP contribution in [0.15, 0.2) is 53.2 Å². The number of allylic oxidation sites excluding steroid dienone is 2. The number of guanidine groups is 1. The standard InChI is InChI=1S/C19H14F3N5O/c1-26-17(28)15-16(27-13-4-2-3-12(13)23-18(26)27)25-14(24-15)9-10-5-7-11(8-6-10)19(20,21)22/h2-8,12H,9H2,1H3,(H,24,25). The quantitative estimate of drug-likeness (QED) is 0.864. The van der Waals surface area contributed by atoms with E-state index in [0.717, 1.165) is 17.8 Å². The Morgan fingerprint density at radius 2 is 1.96 bits per heavy atom. The Labute approximate surface area is 157 Å². The second-order valence-electron chi connectivity index (χ2n) is 6.80. The minimum atomic E-state index is -4.37. The molecule has 3 heterocycles. The number of hydrogen-bond acceptors (Lipinski definition) is 4. The normalized spacial score (nSPS) is 20.1. The average Bonchev–Trinajstić information content (AvgIpc) is 3.33. The molecule has 142 valence electrons. The molecule has 0 bridgehead atoms. The van der Waals surface area contributed by atoms with Crippen LogP contribution in [0.1, 0.15) is 27.4 Å². The summed E-state index contributed by atoms with van der Waals surface area (Å²) in [6.45, 7) is 0. The Balaban J connectivity index is 1.48. The third kappa shape index (κ3) is 2.39. The van der Waals surface area contributed by atoms with Gasteiger partial charge in [0, 0.05) is 13.5 Å². The lowest BCUT2D eigenvalue weighted by Crippen LogP contribution is -2.47. The maximum atomic E-state index is 12.7. The average molecular weight is 385 g/mol. The minimum Gasteiger partial charge on any atom is -0.336 e. The van der Waals surface area contributed by atoms with E-state index in [1.165, 1.54) is 17.0 Å². The highest BCUT2D eigenvalue weighted by molar-refractivity contribution is 6.19. The van der Waals surface area contributed by atoms with E-state index in [1.807, 2.05) is 23.1 Å². The number of carbonyl (C=O) groups is 1. The molecular weight excluding hydrogens is 371 g/mol. The summed E-state index contributed by atoms with van der Waals surface area (Å²) in [5.74, 6) is 1.25. The minimum absolute atomic E-state index is 0.133. The van der Waals surface area contributed by atoms with E-state index in [9.17, 15) is 18.0 Å². The molecule has 1 aromatic heterocycles. The molecule has 1 unspecified atom stereocenters. The van der Waals surface area contributed by atoms with Crippen LogP contribution in [0.25, 0.3) is 0 Å². The maximum absolute atomic E-state index is 12.7. The number of nitrogens with zero attached hydrogens (tertiary/aromatic N) is 4. The van der Waals surface area contributed by atoms with Gasteiger partial charge in [-0.15, -0.1) is 0 Å². The molecule has 28 heavy (non-hydrogen) atoms. The number of H-pyrrole nitrogens is 1. The summed E-state index contributed by atoms with van der Waals surface area (Å²) in [6.07, 6.45) is 1.69. The van der Waals surface area contributed by atoms with Gasteiger partial charge in [-0.05, 0) is 23.8 Å². The number of rotatable bonds is 2. The van der Waals surface area contributed by atoms with Gasteiger partial charge in [-0.25, -0.2) is 9.98 Å². The fourth-order valence-electron chi connectivity index (χ4n) is 3.59. The molecule has 9 heteroatoms. The topological polar surface area (TPSA) is 64.6 Å². The highest BCUT2D eigenvalue weighted by Crippen LogP contribution is 2.37. The van der Waals surface area contributed by atoms with Crippen LogP contribution in [0.3, 0.4) is 0 Å². The van der Waals surface area contributed by atoms with E-state index in [-0.39, 0.29) is 18.4 Å². The number of benzene rings is 1. The van der Waals surface area contributed by atoms with E-state index in [0.29, 0.717) is 28.9 Å². The van der Waals surface area contributed by atoms with Gasteiger partial charge in [-0.2, -0.15) is 13.2 Å². The summed E-state index contributed by atoms with van der Waals surface area (Å²) in [5.41, 5.74) is 1.23. The smallest absolute Gasteiger partial charge is 0.336 e. The molecule has 0 spiro atoms. The fraction of sp³-hybridized carbons (Fsp3) is 0.211. The first kappa shape index (κ1) is 16.8. The van der Waals surface area contributed by atoms with Crippen molar-refractivity contribution in [2.45, 2.75) is 18.6 Å². The van der Waals surface area contributed by atoms with Crippen LogP contribution >= 0.6 is 0 Å². The number of carbonyl (C=O) groups excluding carboxylic acids is 1. The number of anilines is 1. The van der Waals surface area contributed by atoms with Crippen molar-refractivity contribution in [2.24, 2.45) is 4.99 Å². The molecule has 3 aliphatic rings. The molecule has 1 atom stereocenters. The van der Waals surface area contributed by atoms with Gasteiger partial charge in [0.15, 0.2) is 5.82 Å². The van der Waals surface area contributed by atoms with Crippen molar-refractivity contribution in [3.63, 3.8) is 0 Å². The van der Waals surface area contributed by atoms with E-state index in [4.69, 9.17) is 0 Å².